The highest BCUT2D eigenvalue weighted by Crippen LogP contribution is 2.21. The molecule has 0 unspecified atom stereocenters. The van der Waals surface area contributed by atoms with Crippen molar-refractivity contribution in [3.8, 4) is 0 Å². The van der Waals surface area contributed by atoms with Gasteiger partial charge >= 0.3 is 5.97 Å². The summed E-state index contributed by atoms with van der Waals surface area (Å²) in [7, 11) is 0. The number of esters is 1. The molecule has 0 saturated carbocycles. The smallest absolute Gasteiger partial charge is 0.306 e. The highest BCUT2D eigenvalue weighted by molar-refractivity contribution is 9.10. The molecular weight excluding hydrogens is 337 g/mol. The standard InChI is InChI=1S/C16H15BrFNO2/c17-16-12(4-2-6-14(16)18)10-21-15(20)8-7-11-3-1-5-13(19)9-11/h1-6,9H,7-8,10,19H2. The second kappa shape index (κ2) is 7.22. The number of ether oxygens (including phenoxy) is 1. The Balaban J connectivity index is 1.84. The first-order valence-electron chi connectivity index (χ1n) is 6.49. The number of carbonyl (C=O) groups is 1. The molecule has 0 spiro atoms. The van der Waals surface area contributed by atoms with Crippen LogP contribution in [0.2, 0.25) is 0 Å². The summed E-state index contributed by atoms with van der Waals surface area (Å²) in [6.07, 6.45) is 0.824. The Bertz CT molecular complexity index is 646. The van der Waals surface area contributed by atoms with E-state index in [1.165, 1.54) is 6.07 Å². The van der Waals surface area contributed by atoms with E-state index in [2.05, 4.69) is 15.9 Å². The Hall–Kier alpha value is -1.88. The molecule has 0 saturated heterocycles. The molecule has 0 heterocycles. The van der Waals surface area contributed by atoms with Gasteiger partial charge in [-0.15, -0.1) is 0 Å². The van der Waals surface area contributed by atoms with Crippen molar-refractivity contribution in [2.24, 2.45) is 0 Å². The number of rotatable bonds is 5. The molecule has 2 aromatic carbocycles. The number of carbonyl (C=O) groups excluding carboxylic acids is 1. The van der Waals surface area contributed by atoms with Crippen molar-refractivity contribution in [1.82, 2.24) is 0 Å². The minimum atomic E-state index is -0.372. The van der Waals surface area contributed by atoms with Gasteiger partial charge in [0.25, 0.3) is 0 Å². The van der Waals surface area contributed by atoms with Crippen LogP contribution in [0.25, 0.3) is 0 Å². The zero-order chi connectivity index (χ0) is 15.2. The van der Waals surface area contributed by atoms with Crippen LogP contribution in [0.15, 0.2) is 46.9 Å². The molecule has 0 radical (unpaired) electrons. The monoisotopic (exact) mass is 351 g/mol. The number of aryl methyl sites for hydroxylation is 1. The molecule has 0 bridgehead atoms. The Morgan fingerprint density at radius 2 is 2.00 bits per heavy atom. The summed E-state index contributed by atoms with van der Waals surface area (Å²) in [6.45, 7) is 0.0497. The first-order chi connectivity index (χ1) is 10.1. The molecule has 21 heavy (non-hydrogen) atoms. The Morgan fingerprint density at radius 1 is 1.24 bits per heavy atom. The molecule has 3 nitrogen and oxygen atoms in total. The molecule has 0 amide bonds. The van der Waals surface area contributed by atoms with Crippen molar-refractivity contribution >= 4 is 27.6 Å². The van der Waals surface area contributed by atoms with Gasteiger partial charge in [-0.25, -0.2) is 4.39 Å². The van der Waals surface area contributed by atoms with Gasteiger partial charge in [-0.1, -0.05) is 24.3 Å². The number of halogens is 2. The topological polar surface area (TPSA) is 52.3 Å². The summed E-state index contributed by atoms with van der Waals surface area (Å²) in [5, 5.41) is 0. The predicted octanol–water partition coefficient (Wildman–Crippen LogP) is 3.85. The van der Waals surface area contributed by atoms with E-state index in [9.17, 15) is 9.18 Å². The molecule has 110 valence electrons. The van der Waals surface area contributed by atoms with E-state index in [1.807, 2.05) is 18.2 Å². The van der Waals surface area contributed by atoms with Crippen molar-refractivity contribution < 1.29 is 13.9 Å². The van der Waals surface area contributed by atoms with E-state index in [1.54, 1.807) is 18.2 Å². The molecule has 0 aliphatic carbocycles. The Labute approximate surface area is 131 Å². The summed E-state index contributed by atoms with van der Waals surface area (Å²) >= 11 is 3.13. The van der Waals surface area contributed by atoms with Crippen LogP contribution in [0, 0.1) is 5.82 Å². The summed E-state index contributed by atoms with van der Waals surface area (Å²) in [4.78, 5) is 11.7. The fourth-order valence-corrected chi connectivity index (χ4v) is 2.26. The Kier molecular flexibility index (Phi) is 5.33. The molecule has 0 atom stereocenters. The lowest BCUT2D eigenvalue weighted by molar-refractivity contribution is -0.144. The normalized spacial score (nSPS) is 10.4. The van der Waals surface area contributed by atoms with Crippen LogP contribution in [0.4, 0.5) is 10.1 Å². The van der Waals surface area contributed by atoms with Crippen molar-refractivity contribution in [3.05, 3.63) is 63.9 Å². The average molecular weight is 352 g/mol. The molecule has 0 aliphatic rings. The van der Waals surface area contributed by atoms with Gasteiger partial charge in [-0.3, -0.25) is 4.79 Å². The largest absolute Gasteiger partial charge is 0.461 e. The van der Waals surface area contributed by atoms with Crippen LogP contribution >= 0.6 is 15.9 Å². The quantitative estimate of drug-likeness (QED) is 0.657. The minimum absolute atomic E-state index is 0.0497. The van der Waals surface area contributed by atoms with Crippen LogP contribution in [-0.4, -0.2) is 5.97 Å². The van der Waals surface area contributed by atoms with Gasteiger partial charge in [0, 0.05) is 17.7 Å². The fraction of sp³-hybridized carbons (Fsp3) is 0.188. The van der Waals surface area contributed by atoms with Crippen LogP contribution in [0.5, 0.6) is 0 Å². The molecule has 0 fully saturated rings. The molecule has 0 aliphatic heterocycles. The minimum Gasteiger partial charge on any atom is -0.461 e. The fourth-order valence-electron chi connectivity index (χ4n) is 1.89. The number of anilines is 1. The van der Waals surface area contributed by atoms with E-state index in [0.717, 1.165) is 5.56 Å². The van der Waals surface area contributed by atoms with Gasteiger partial charge in [0.15, 0.2) is 0 Å². The third-order valence-corrected chi connectivity index (χ3v) is 3.88. The molecule has 2 rings (SSSR count). The van der Waals surface area contributed by atoms with Gasteiger partial charge in [-0.2, -0.15) is 0 Å². The maximum absolute atomic E-state index is 13.3. The SMILES string of the molecule is Nc1cccc(CCC(=O)OCc2cccc(F)c2Br)c1. The lowest BCUT2D eigenvalue weighted by Crippen LogP contribution is -2.06. The number of hydrogen-bond acceptors (Lipinski definition) is 3. The third-order valence-electron chi connectivity index (χ3n) is 2.99. The average Bonchev–Trinajstić information content (AvgIpc) is 2.47. The zero-order valence-electron chi connectivity index (χ0n) is 11.3. The maximum Gasteiger partial charge on any atom is 0.306 e. The van der Waals surface area contributed by atoms with Crippen molar-refractivity contribution in [2.75, 3.05) is 5.73 Å². The lowest BCUT2D eigenvalue weighted by Gasteiger charge is -2.07. The van der Waals surface area contributed by atoms with Crippen LogP contribution in [0.1, 0.15) is 17.5 Å². The van der Waals surface area contributed by atoms with Crippen LogP contribution in [-0.2, 0) is 22.6 Å². The Morgan fingerprint density at radius 3 is 2.76 bits per heavy atom. The maximum atomic E-state index is 13.3. The van der Waals surface area contributed by atoms with Crippen molar-refractivity contribution in [2.45, 2.75) is 19.4 Å². The number of benzene rings is 2. The van der Waals surface area contributed by atoms with Gasteiger partial charge in [0.2, 0.25) is 0 Å². The second-order valence-corrected chi connectivity index (χ2v) is 5.41. The van der Waals surface area contributed by atoms with Gasteiger partial charge < -0.3 is 10.5 Å². The molecular formula is C16H15BrFNO2. The van der Waals surface area contributed by atoms with Crippen molar-refractivity contribution in [3.63, 3.8) is 0 Å². The molecule has 2 N–H and O–H groups in total. The number of nitrogen functional groups attached to an aromatic ring is 1. The molecule has 2 aromatic rings. The molecule has 5 heteroatoms. The van der Waals surface area contributed by atoms with E-state index >= 15 is 0 Å². The molecule has 0 aromatic heterocycles. The number of hydrogen-bond donors (Lipinski definition) is 1. The van der Waals surface area contributed by atoms with E-state index in [-0.39, 0.29) is 24.8 Å². The highest BCUT2D eigenvalue weighted by atomic mass is 79.9. The first kappa shape index (κ1) is 15.5. The van der Waals surface area contributed by atoms with Gasteiger partial charge in [0.05, 0.1) is 4.47 Å². The first-order valence-corrected chi connectivity index (χ1v) is 7.28. The second-order valence-electron chi connectivity index (χ2n) is 4.62. The van der Waals surface area contributed by atoms with E-state index in [0.29, 0.717) is 22.1 Å². The number of nitrogens with two attached hydrogens (primary N) is 1. The van der Waals surface area contributed by atoms with E-state index < -0.39 is 0 Å². The summed E-state index contributed by atoms with van der Waals surface area (Å²) in [5.41, 5.74) is 7.93. The third kappa shape index (κ3) is 4.56. The highest BCUT2D eigenvalue weighted by Gasteiger charge is 2.09. The summed E-state index contributed by atoms with van der Waals surface area (Å²) < 4.78 is 18.8. The van der Waals surface area contributed by atoms with Crippen LogP contribution in [0.3, 0.4) is 0 Å². The lowest BCUT2D eigenvalue weighted by atomic mass is 10.1. The zero-order valence-corrected chi connectivity index (χ0v) is 12.9. The predicted molar refractivity (Wildman–Crippen MR) is 83.1 cm³/mol. The van der Waals surface area contributed by atoms with E-state index in [4.69, 9.17) is 10.5 Å². The summed E-state index contributed by atoms with van der Waals surface area (Å²) in [6, 6.07) is 12.0. The van der Waals surface area contributed by atoms with Crippen LogP contribution < -0.4 is 5.73 Å². The van der Waals surface area contributed by atoms with Gasteiger partial charge in [-0.05, 0) is 46.1 Å². The van der Waals surface area contributed by atoms with Crippen molar-refractivity contribution in [1.29, 1.82) is 0 Å². The summed E-state index contributed by atoms with van der Waals surface area (Å²) in [5.74, 6) is -0.697. The van der Waals surface area contributed by atoms with Gasteiger partial charge in [0.1, 0.15) is 12.4 Å².